The second-order valence-corrected chi connectivity index (χ2v) is 5.90. The van der Waals surface area contributed by atoms with Crippen LogP contribution in [0, 0.1) is 0 Å². The molecular formula is C18H21N3O. The highest BCUT2D eigenvalue weighted by atomic mass is 16.2. The Morgan fingerprint density at radius 2 is 1.91 bits per heavy atom. The lowest BCUT2D eigenvalue weighted by Gasteiger charge is -2.42. The first-order chi connectivity index (χ1) is 10.8. The minimum Gasteiger partial charge on any atom is -0.337 e. The van der Waals surface area contributed by atoms with Gasteiger partial charge in [0.15, 0.2) is 0 Å². The zero-order valence-corrected chi connectivity index (χ0v) is 12.6. The summed E-state index contributed by atoms with van der Waals surface area (Å²) in [6.45, 7) is 1.19. The molecule has 3 rings (SSSR count). The topological polar surface area (TPSA) is 54.0 Å². The quantitative estimate of drug-likeness (QED) is 0.891. The Balaban J connectivity index is 1.52. The normalized spacial score (nSPS) is 15.6. The third-order valence-corrected chi connectivity index (χ3v) is 4.46. The van der Waals surface area contributed by atoms with E-state index in [1.165, 1.54) is 12.0 Å². The van der Waals surface area contributed by atoms with Gasteiger partial charge in [0.05, 0.1) is 0 Å². The van der Waals surface area contributed by atoms with Crippen LogP contribution in [0.3, 0.4) is 0 Å². The van der Waals surface area contributed by atoms with Crippen molar-refractivity contribution in [2.75, 3.05) is 6.54 Å². The molecule has 0 aliphatic heterocycles. The molecule has 0 unspecified atom stereocenters. The molecule has 1 saturated carbocycles. The number of carbonyl (C=O) groups excluding carboxylic acids is 1. The maximum Gasteiger partial charge on any atom is 0.315 e. The molecule has 0 bridgehead atoms. The zero-order valence-electron chi connectivity index (χ0n) is 12.6. The van der Waals surface area contributed by atoms with Crippen molar-refractivity contribution in [3.63, 3.8) is 0 Å². The van der Waals surface area contributed by atoms with Crippen molar-refractivity contribution >= 4 is 6.03 Å². The second kappa shape index (κ2) is 6.60. The number of nitrogens with one attached hydrogen (secondary N) is 2. The van der Waals surface area contributed by atoms with Crippen molar-refractivity contribution < 1.29 is 4.79 Å². The summed E-state index contributed by atoms with van der Waals surface area (Å²) < 4.78 is 0. The van der Waals surface area contributed by atoms with Gasteiger partial charge in [-0.05, 0) is 30.0 Å². The predicted molar refractivity (Wildman–Crippen MR) is 86.4 cm³/mol. The van der Waals surface area contributed by atoms with Gasteiger partial charge in [-0.3, -0.25) is 4.98 Å². The zero-order chi connectivity index (χ0) is 15.3. The lowest BCUT2D eigenvalue weighted by atomic mass is 9.64. The summed E-state index contributed by atoms with van der Waals surface area (Å²) in [5.74, 6) is 0. The average Bonchev–Trinajstić information content (AvgIpc) is 2.54. The van der Waals surface area contributed by atoms with E-state index in [0.29, 0.717) is 13.1 Å². The molecule has 4 heteroatoms. The monoisotopic (exact) mass is 295 g/mol. The van der Waals surface area contributed by atoms with E-state index >= 15 is 0 Å². The minimum absolute atomic E-state index is 0.118. The van der Waals surface area contributed by atoms with Gasteiger partial charge in [0.1, 0.15) is 0 Å². The highest BCUT2D eigenvalue weighted by Crippen LogP contribution is 2.43. The van der Waals surface area contributed by atoms with Gasteiger partial charge in [-0.25, -0.2) is 4.79 Å². The van der Waals surface area contributed by atoms with E-state index in [0.717, 1.165) is 18.4 Å². The molecule has 1 aromatic heterocycles. The molecule has 22 heavy (non-hydrogen) atoms. The Kier molecular flexibility index (Phi) is 4.37. The fourth-order valence-corrected chi connectivity index (χ4v) is 2.96. The van der Waals surface area contributed by atoms with Gasteiger partial charge in [-0.1, -0.05) is 42.8 Å². The van der Waals surface area contributed by atoms with Crippen molar-refractivity contribution in [1.82, 2.24) is 15.6 Å². The molecule has 0 saturated heterocycles. The molecular weight excluding hydrogens is 274 g/mol. The molecule has 0 radical (unpaired) electrons. The minimum atomic E-state index is -0.119. The van der Waals surface area contributed by atoms with E-state index in [1.54, 1.807) is 12.4 Å². The number of aromatic nitrogens is 1. The molecule has 1 heterocycles. The summed E-state index contributed by atoms with van der Waals surface area (Å²) in [6, 6.07) is 14.2. The average molecular weight is 295 g/mol. The first kappa shape index (κ1) is 14.6. The first-order valence-electron chi connectivity index (χ1n) is 7.75. The lowest BCUT2D eigenvalue weighted by Crippen LogP contribution is -2.48. The Labute approximate surface area is 131 Å². The number of rotatable bonds is 5. The van der Waals surface area contributed by atoms with E-state index in [-0.39, 0.29) is 11.4 Å². The third kappa shape index (κ3) is 3.27. The summed E-state index contributed by atoms with van der Waals surface area (Å²) in [4.78, 5) is 16.0. The Morgan fingerprint density at radius 3 is 2.55 bits per heavy atom. The van der Waals surface area contributed by atoms with Gasteiger partial charge in [0, 0.05) is 30.9 Å². The van der Waals surface area contributed by atoms with Crippen molar-refractivity contribution in [1.29, 1.82) is 0 Å². The fraction of sp³-hybridized carbons (Fsp3) is 0.333. The number of hydrogen-bond donors (Lipinski definition) is 2. The van der Waals surface area contributed by atoms with E-state index in [2.05, 4.69) is 39.9 Å². The van der Waals surface area contributed by atoms with Gasteiger partial charge in [0.2, 0.25) is 0 Å². The molecule has 1 aliphatic carbocycles. The number of carbonyl (C=O) groups is 1. The number of benzene rings is 1. The smallest absolute Gasteiger partial charge is 0.315 e. The fourth-order valence-electron chi connectivity index (χ4n) is 2.96. The van der Waals surface area contributed by atoms with Crippen LogP contribution in [-0.4, -0.2) is 17.6 Å². The van der Waals surface area contributed by atoms with Crippen molar-refractivity contribution in [2.24, 2.45) is 0 Å². The maximum absolute atomic E-state index is 12.0. The van der Waals surface area contributed by atoms with Gasteiger partial charge in [-0.2, -0.15) is 0 Å². The van der Waals surface area contributed by atoms with Gasteiger partial charge < -0.3 is 10.6 Å². The Hall–Kier alpha value is -2.36. The maximum atomic E-state index is 12.0. The van der Waals surface area contributed by atoms with Gasteiger partial charge in [-0.15, -0.1) is 0 Å². The number of nitrogens with zero attached hydrogens (tertiary/aromatic N) is 1. The molecule has 114 valence electrons. The van der Waals surface area contributed by atoms with Crippen LogP contribution < -0.4 is 10.6 Å². The van der Waals surface area contributed by atoms with Crippen LogP contribution in [0.15, 0.2) is 54.9 Å². The highest BCUT2D eigenvalue weighted by molar-refractivity contribution is 5.74. The Morgan fingerprint density at radius 1 is 1.09 bits per heavy atom. The van der Waals surface area contributed by atoms with Gasteiger partial charge in [0.25, 0.3) is 0 Å². The summed E-state index contributed by atoms with van der Waals surface area (Å²) in [7, 11) is 0. The van der Waals surface area contributed by atoms with E-state index in [4.69, 9.17) is 0 Å². The van der Waals surface area contributed by atoms with E-state index in [9.17, 15) is 4.79 Å². The second-order valence-electron chi connectivity index (χ2n) is 5.90. The van der Waals surface area contributed by atoms with Crippen LogP contribution in [0.25, 0.3) is 0 Å². The highest BCUT2D eigenvalue weighted by Gasteiger charge is 2.38. The predicted octanol–water partition coefficient (Wildman–Crippen LogP) is 3.00. The van der Waals surface area contributed by atoms with Crippen LogP contribution in [-0.2, 0) is 12.0 Å². The third-order valence-electron chi connectivity index (χ3n) is 4.46. The molecule has 0 spiro atoms. The molecule has 2 aromatic rings. The number of urea groups is 1. The van der Waals surface area contributed by atoms with Crippen molar-refractivity contribution in [3.05, 3.63) is 66.0 Å². The van der Waals surface area contributed by atoms with E-state index in [1.807, 2.05) is 18.2 Å². The summed E-state index contributed by atoms with van der Waals surface area (Å²) >= 11 is 0. The van der Waals surface area contributed by atoms with Crippen molar-refractivity contribution in [3.8, 4) is 0 Å². The molecule has 1 aromatic carbocycles. The summed E-state index contributed by atoms with van der Waals surface area (Å²) in [5.41, 5.74) is 2.44. The van der Waals surface area contributed by atoms with Crippen LogP contribution in [0.5, 0.6) is 0 Å². The summed E-state index contributed by atoms with van der Waals surface area (Å²) in [6.07, 6.45) is 7.00. The van der Waals surface area contributed by atoms with Crippen LogP contribution >= 0.6 is 0 Å². The standard InChI is InChI=1S/C18H21N3O/c22-17(20-13-15-6-4-11-19-12-15)21-14-18(9-5-10-18)16-7-2-1-3-8-16/h1-4,6-8,11-12H,5,9-10,13-14H2,(H2,20,21,22). The molecule has 2 amide bonds. The Bertz CT molecular complexity index is 609. The molecule has 0 atom stereocenters. The lowest BCUT2D eigenvalue weighted by molar-refractivity contribution is 0.214. The molecule has 1 fully saturated rings. The summed E-state index contributed by atoms with van der Waals surface area (Å²) in [5, 5.41) is 5.90. The number of hydrogen-bond acceptors (Lipinski definition) is 2. The van der Waals surface area contributed by atoms with Crippen LogP contribution in [0.4, 0.5) is 4.79 Å². The molecule has 4 nitrogen and oxygen atoms in total. The van der Waals surface area contributed by atoms with Gasteiger partial charge >= 0.3 is 6.03 Å². The largest absolute Gasteiger partial charge is 0.337 e. The van der Waals surface area contributed by atoms with Crippen LogP contribution in [0.1, 0.15) is 30.4 Å². The number of amides is 2. The SMILES string of the molecule is O=C(NCc1cccnc1)NCC1(c2ccccc2)CCC1. The molecule has 2 N–H and O–H groups in total. The number of pyridine rings is 1. The van der Waals surface area contributed by atoms with Crippen LogP contribution in [0.2, 0.25) is 0 Å². The molecule has 1 aliphatic rings. The van der Waals surface area contributed by atoms with E-state index < -0.39 is 0 Å². The first-order valence-corrected chi connectivity index (χ1v) is 7.75. The van der Waals surface area contributed by atoms with Crippen molar-refractivity contribution in [2.45, 2.75) is 31.2 Å².